The van der Waals surface area contributed by atoms with Crippen LogP contribution >= 0.6 is 0 Å². The van der Waals surface area contributed by atoms with E-state index in [0.29, 0.717) is 5.69 Å². The highest BCUT2D eigenvalue weighted by Gasteiger charge is 2.02. The molecule has 0 amide bonds. The predicted octanol–water partition coefficient (Wildman–Crippen LogP) is 2.64. The van der Waals surface area contributed by atoms with Crippen LogP contribution in [0.2, 0.25) is 0 Å². The molecule has 0 bridgehead atoms. The number of ether oxygens (including phenoxy) is 1. The van der Waals surface area contributed by atoms with E-state index in [0.717, 1.165) is 32.4 Å². The predicted molar refractivity (Wildman–Crippen MR) is 65.0 cm³/mol. The number of hydrogen-bond acceptors (Lipinski definition) is 3. The molecule has 3 nitrogen and oxygen atoms in total. The second-order valence-electron chi connectivity index (χ2n) is 3.68. The summed E-state index contributed by atoms with van der Waals surface area (Å²) in [5, 5.41) is 3.12. The molecule has 0 radical (unpaired) electrons. The fourth-order valence-electron chi connectivity index (χ4n) is 1.46. The molecule has 4 heteroatoms. The minimum absolute atomic E-state index is 0.194. The van der Waals surface area contributed by atoms with Crippen molar-refractivity contribution in [1.82, 2.24) is 0 Å². The molecule has 0 heterocycles. The molecule has 0 unspecified atom stereocenters. The van der Waals surface area contributed by atoms with Crippen molar-refractivity contribution in [3.63, 3.8) is 0 Å². The SMILES string of the molecule is COCCCCCNc1cccc(F)c1N. The van der Waals surface area contributed by atoms with Crippen molar-refractivity contribution >= 4 is 11.4 Å². The second-order valence-corrected chi connectivity index (χ2v) is 3.68. The molecule has 3 N–H and O–H groups in total. The average molecular weight is 226 g/mol. The third-order valence-corrected chi connectivity index (χ3v) is 2.39. The van der Waals surface area contributed by atoms with E-state index in [2.05, 4.69) is 5.32 Å². The van der Waals surface area contributed by atoms with Crippen molar-refractivity contribution in [1.29, 1.82) is 0 Å². The first kappa shape index (κ1) is 12.8. The molecule has 16 heavy (non-hydrogen) atoms. The smallest absolute Gasteiger partial charge is 0.148 e. The number of anilines is 2. The van der Waals surface area contributed by atoms with Crippen molar-refractivity contribution in [3.05, 3.63) is 24.0 Å². The highest BCUT2D eigenvalue weighted by Crippen LogP contribution is 2.20. The van der Waals surface area contributed by atoms with Gasteiger partial charge in [-0.2, -0.15) is 0 Å². The Morgan fingerprint density at radius 2 is 2.12 bits per heavy atom. The summed E-state index contributed by atoms with van der Waals surface area (Å²) in [6.45, 7) is 1.60. The summed E-state index contributed by atoms with van der Waals surface area (Å²) in [6, 6.07) is 4.80. The van der Waals surface area contributed by atoms with Crippen LogP contribution in [0.1, 0.15) is 19.3 Å². The Balaban J connectivity index is 2.24. The van der Waals surface area contributed by atoms with E-state index in [1.54, 1.807) is 19.2 Å². The quantitative estimate of drug-likeness (QED) is 0.555. The molecule has 1 aromatic rings. The van der Waals surface area contributed by atoms with Gasteiger partial charge in [0.05, 0.1) is 11.4 Å². The van der Waals surface area contributed by atoms with E-state index in [9.17, 15) is 4.39 Å². The number of nitrogens with one attached hydrogen (secondary N) is 1. The van der Waals surface area contributed by atoms with Gasteiger partial charge in [-0.3, -0.25) is 0 Å². The molecule has 1 rings (SSSR count). The van der Waals surface area contributed by atoms with Crippen LogP contribution in [-0.2, 0) is 4.74 Å². The largest absolute Gasteiger partial charge is 0.395 e. The zero-order valence-corrected chi connectivity index (χ0v) is 9.63. The lowest BCUT2D eigenvalue weighted by Gasteiger charge is -2.09. The van der Waals surface area contributed by atoms with E-state index in [1.165, 1.54) is 6.07 Å². The lowest BCUT2D eigenvalue weighted by atomic mass is 10.2. The van der Waals surface area contributed by atoms with Gasteiger partial charge in [0.2, 0.25) is 0 Å². The summed E-state index contributed by atoms with van der Waals surface area (Å²) in [4.78, 5) is 0. The van der Waals surface area contributed by atoms with Gasteiger partial charge >= 0.3 is 0 Å². The highest BCUT2D eigenvalue weighted by atomic mass is 19.1. The van der Waals surface area contributed by atoms with Crippen molar-refractivity contribution in [2.75, 3.05) is 31.3 Å². The Bertz CT molecular complexity index is 318. The van der Waals surface area contributed by atoms with Crippen LogP contribution in [0.4, 0.5) is 15.8 Å². The minimum atomic E-state index is -0.371. The van der Waals surface area contributed by atoms with Gasteiger partial charge in [0, 0.05) is 20.3 Å². The Labute approximate surface area is 95.8 Å². The third-order valence-electron chi connectivity index (χ3n) is 2.39. The van der Waals surface area contributed by atoms with Crippen LogP contribution < -0.4 is 11.1 Å². The van der Waals surface area contributed by atoms with Crippen LogP contribution in [0, 0.1) is 5.82 Å². The molecule has 90 valence electrons. The van der Waals surface area contributed by atoms with Crippen LogP contribution in [0.3, 0.4) is 0 Å². The number of benzene rings is 1. The first-order chi connectivity index (χ1) is 7.75. The molecule has 0 atom stereocenters. The van der Waals surface area contributed by atoms with Crippen LogP contribution in [0.15, 0.2) is 18.2 Å². The van der Waals surface area contributed by atoms with E-state index in [-0.39, 0.29) is 11.5 Å². The van der Waals surface area contributed by atoms with Gasteiger partial charge in [0.1, 0.15) is 5.82 Å². The molecular weight excluding hydrogens is 207 g/mol. The maximum atomic E-state index is 13.1. The lowest BCUT2D eigenvalue weighted by molar-refractivity contribution is 0.192. The number of hydrogen-bond donors (Lipinski definition) is 2. The van der Waals surface area contributed by atoms with E-state index < -0.39 is 0 Å². The zero-order chi connectivity index (χ0) is 11.8. The normalized spacial score (nSPS) is 10.4. The van der Waals surface area contributed by atoms with Gasteiger partial charge in [-0.25, -0.2) is 4.39 Å². The molecule has 0 aliphatic heterocycles. The Kier molecular flexibility index (Phi) is 5.64. The number of nitrogens with two attached hydrogens (primary N) is 1. The van der Waals surface area contributed by atoms with Gasteiger partial charge in [-0.15, -0.1) is 0 Å². The Morgan fingerprint density at radius 1 is 1.31 bits per heavy atom. The molecule has 0 fully saturated rings. The van der Waals surface area contributed by atoms with Crippen LogP contribution in [0.25, 0.3) is 0 Å². The number of para-hydroxylation sites is 1. The number of unbranched alkanes of at least 4 members (excludes halogenated alkanes) is 2. The number of nitrogen functional groups attached to an aromatic ring is 1. The van der Waals surface area contributed by atoms with Gasteiger partial charge in [0.25, 0.3) is 0 Å². The molecule has 0 spiro atoms. The lowest BCUT2D eigenvalue weighted by Crippen LogP contribution is -2.05. The van der Waals surface area contributed by atoms with Crippen LogP contribution in [0.5, 0.6) is 0 Å². The number of methoxy groups -OCH3 is 1. The number of rotatable bonds is 7. The van der Waals surface area contributed by atoms with Crippen molar-refractivity contribution < 1.29 is 9.13 Å². The molecular formula is C12H19FN2O. The molecule has 0 aliphatic rings. The summed E-state index contributed by atoms with van der Waals surface area (Å²) in [7, 11) is 1.70. The topological polar surface area (TPSA) is 47.3 Å². The Hall–Kier alpha value is -1.29. The van der Waals surface area contributed by atoms with E-state index in [1.807, 2.05) is 0 Å². The summed E-state index contributed by atoms with van der Waals surface area (Å²) in [6.07, 6.45) is 3.17. The second kappa shape index (κ2) is 7.06. The van der Waals surface area contributed by atoms with Crippen LogP contribution in [-0.4, -0.2) is 20.3 Å². The van der Waals surface area contributed by atoms with E-state index in [4.69, 9.17) is 10.5 Å². The maximum absolute atomic E-state index is 13.1. The maximum Gasteiger partial charge on any atom is 0.148 e. The Morgan fingerprint density at radius 3 is 2.88 bits per heavy atom. The fraction of sp³-hybridized carbons (Fsp3) is 0.500. The first-order valence-corrected chi connectivity index (χ1v) is 5.52. The molecule has 0 aliphatic carbocycles. The van der Waals surface area contributed by atoms with Gasteiger partial charge in [-0.1, -0.05) is 6.07 Å². The summed E-state index contributed by atoms with van der Waals surface area (Å²) >= 11 is 0. The van der Waals surface area contributed by atoms with Gasteiger partial charge in [0.15, 0.2) is 0 Å². The summed E-state index contributed by atoms with van der Waals surface area (Å²) in [5.74, 6) is -0.371. The first-order valence-electron chi connectivity index (χ1n) is 5.52. The van der Waals surface area contributed by atoms with Crippen molar-refractivity contribution in [2.45, 2.75) is 19.3 Å². The zero-order valence-electron chi connectivity index (χ0n) is 9.63. The summed E-state index contributed by atoms with van der Waals surface area (Å²) < 4.78 is 18.0. The van der Waals surface area contributed by atoms with E-state index >= 15 is 0 Å². The number of halogens is 1. The molecule has 0 saturated carbocycles. The summed E-state index contributed by atoms with van der Waals surface area (Å²) in [5.41, 5.74) is 6.45. The molecule has 0 saturated heterocycles. The standard InChI is InChI=1S/C12H19FN2O/c1-16-9-4-2-3-8-15-11-7-5-6-10(13)12(11)14/h5-7,15H,2-4,8-9,14H2,1H3. The molecule has 1 aromatic carbocycles. The van der Waals surface area contributed by atoms with Gasteiger partial charge < -0.3 is 15.8 Å². The molecule has 0 aromatic heterocycles. The van der Waals surface area contributed by atoms with Gasteiger partial charge in [-0.05, 0) is 31.4 Å². The van der Waals surface area contributed by atoms with Crippen molar-refractivity contribution in [3.8, 4) is 0 Å². The average Bonchev–Trinajstić information content (AvgIpc) is 2.29. The third kappa shape index (κ3) is 4.06. The monoisotopic (exact) mass is 226 g/mol. The minimum Gasteiger partial charge on any atom is -0.395 e. The van der Waals surface area contributed by atoms with Crippen molar-refractivity contribution in [2.24, 2.45) is 0 Å². The highest BCUT2D eigenvalue weighted by molar-refractivity contribution is 5.66. The fourth-order valence-corrected chi connectivity index (χ4v) is 1.46.